The molecule has 0 heterocycles. The Morgan fingerprint density at radius 1 is 1.58 bits per heavy atom. The highest BCUT2D eigenvalue weighted by Crippen LogP contribution is 2.05. The van der Waals surface area contributed by atoms with Gasteiger partial charge in [-0.25, -0.2) is 0 Å². The van der Waals surface area contributed by atoms with E-state index in [2.05, 4.69) is 12.6 Å². The van der Waals surface area contributed by atoms with Crippen molar-refractivity contribution in [3.8, 4) is 6.07 Å². The van der Waals surface area contributed by atoms with E-state index in [1.54, 1.807) is 24.3 Å². The van der Waals surface area contributed by atoms with Gasteiger partial charge < -0.3 is 0 Å². The number of benzene rings is 1. The van der Waals surface area contributed by atoms with Crippen molar-refractivity contribution in [2.24, 2.45) is 0 Å². The van der Waals surface area contributed by atoms with Crippen molar-refractivity contribution in [2.45, 2.75) is 6.42 Å². The summed E-state index contributed by atoms with van der Waals surface area (Å²) in [5.41, 5.74) is 1.40. The van der Waals surface area contributed by atoms with E-state index in [9.17, 15) is 4.79 Å². The smallest absolute Gasteiger partial charge is 0.190 e. The molecule has 0 atom stereocenters. The Hall–Kier alpha value is -1.27. The van der Waals surface area contributed by atoms with E-state index in [4.69, 9.17) is 5.26 Å². The number of carbonyl (C=O) groups is 1. The topological polar surface area (TPSA) is 40.9 Å². The molecular formula is C9H7NOS. The Balaban J connectivity index is 2.88. The summed E-state index contributed by atoms with van der Waals surface area (Å²) in [5.74, 6) is 0. The average Bonchev–Trinajstić information content (AvgIpc) is 2.03. The lowest BCUT2D eigenvalue weighted by Crippen LogP contribution is -1.93. The van der Waals surface area contributed by atoms with Gasteiger partial charge in [0.05, 0.1) is 11.6 Å². The highest BCUT2D eigenvalue weighted by Gasteiger charge is 1.98. The molecule has 3 heteroatoms. The summed E-state index contributed by atoms with van der Waals surface area (Å²) in [5, 5.41) is 8.35. The first kappa shape index (κ1) is 8.82. The number of thiol groups is 1. The molecule has 1 aromatic carbocycles. The van der Waals surface area contributed by atoms with Gasteiger partial charge >= 0.3 is 0 Å². The standard InChI is InChI=1S/C9H7NOS/c10-6-8-3-1-2-7(4-8)5-9(11)12/h1-4H,5H2,(H,11,12). The Kier molecular flexibility index (Phi) is 2.89. The van der Waals surface area contributed by atoms with Crippen molar-refractivity contribution in [1.82, 2.24) is 0 Å². The Morgan fingerprint density at radius 3 is 2.92 bits per heavy atom. The minimum Gasteiger partial charge on any atom is -0.287 e. The van der Waals surface area contributed by atoms with Gasteiger partial charge in [0.15, 0.2) is 5.12 Å². The molecule has 12 heavy (non-hydrogen) atoms. The third-order valence-electron chi connectivity index (χ3n) is 1.41. The number of nitriles is 1. The zero-order chi connectivity index (χ0) is 8.97. The first-order chi connectivity index (χ1) is 5.72. The fourth-order valence-corrected chi connectivity index (χ4v) is 1.11. The number of hydrogen-bond acceptors (Lipinski definition) is 2. The van der Waals surface area contributed by atoms with Gasteiger partial charge in [-0.05, 0) is 17.7 Å². The molecule has 0 spiro atoms. The van der Waals surface area contributed by atoms with Crippen LogP contribution in [0, 0.1) is 11.3 Å². The van der Waals surface area contributed by atoms with Crippen molar-refractivity contribution in [2.75, 3.05) is 0 Å². The molecule has 0 fully saturated rings. The number of carbonyl (C=O) groups excluding carboxylic acids is 1. The van der Waals surface area contributed by atoms with Crippen LogP contribution in [-0.4, -0.2) is 5.12 Å². The molecule has 0 radical (unpaired) electrons. The molecule has 1 rings (SSSR count). The normalized spacial score (nSPS) is 9.00. The Morgan fingerprint density at radius 2 is 2.33 bits per heavy atom. The molecule has 0 N–H and O–H groups in total. The number of nitrogens with zero attached hydrogens (tertiary/aromatic N) is 1. The van der Waals surface area contributed by atoms with Gasteiger partial charge in [-0.2, -0.15) is 5.26 Å². The maximum absolute atomic E-state index is 10.6. The lowest BCUT2D eigenvalue weighted by atomic mass is 10.1. The molecule has 60 valence electrons. The summed E-state index contributed by atoms with van der Waals surface area (Å²) in [4.78, 5) is 10.6. The van der Waals surface area contributed by atoms with Crippen molar-refractivity contribution >= 4 is 17.7 Å². The summed E-state index contributed by atoms with van der Waals surface area (Å²) < 4.78 is 0. The van der Waals surface area contributed by atoms with Gasteiger partial charge in [0.25, 0.3) is 0 Å². The van der Waals surface area contributed by atoms with Gasteiger partial charge in [-0.1, -0.05) is 12.1 Å². The third kappa shape index (κ3) is 2.40. The Labute approximate surface area is 76.2 Å². The maximum Gasteiger partial charge on any atom is 0.190 e. The second-order valence-corrected chi connectivity index (χ2v) is 2.88. The zero-order valence-corrected chi connectivity index (χ0v) is 7.21. The molecule has 0 saturated carbocycles. The molecule has 2 nitrogen and oxygen atoms in total. The van der Waals surface area contributed by atoms with Crippen LogP contribution in [0.25, 0.3) is 0 Å². The SMILES string of the molecule is N#Cc1cccc(CC(=O)S)c1. The van der Waals surface area contributed by atoms with Crippen LogP contribution in [0.2, 0.25) is 0 Å². The van der Waals surface area contributed by atoms with Crippen LogP contribution in [0.4, 0.5) is 0 Å². The van der Waals surface area contributed by atoms with E-state index in [1.165, 1.54) is 0 Å². The van der Waals surface area contributed by atoms with E-state index >= 15 is 0 Å². The minimum absolute atomic E-state index is 0.190. The summed E-state index contributed by atoms with van der Waals surface area (Å²) in [7, 11) is 0. The molecule has 0 unspecified atom stereocenters. The first-order valence-corrected chi connectivity index (χ1v) is 3.88. The van der Waals surface area contributed by atoms with Crippen LogP contribution < -0.4 is 0 Å². The fourth-order valence-electron chi connectivity index (χ4n) is 0.925. The summed E-state index contributed by atoms with van der Waals surface area (Å²) in [6.07, 6.45) is 0.276. The van der Waals surface area contributed by atoms with Crippen LogP contribution in [0.3, 0.4) is 0 Å². The molecule has 1 aromatic rings. The zero-order valence-electron chi connectivity index (χ0n) is 6.32. The third-order valence-corrected chi connectivity index (χ3v) is 1.57. The first-order valence-electron chi connectivity index (χ1n) is 3.43. The molecule has 0 aliphatic heterocycles. The van der Waals surface area contributed by atoms with Gasteiger partial charge in [0, 0.05) is 6.42 Å². The van der Waals surface area contributed by atoms with Crippen molar-refractivity contribution < 1.29 is 4.79 Å². The predicted molar refractivity (Wildman–Crippen MR) is 48.9 cm³/mol. The summed E-state index contributed by atoms with van der Waals surface area (Å²) in [6.45, 7) is 0. The maximum atomic E-state index is 10.6. The number of rotatable bonds is 2. The van der Waals surface area contributed by atoms with E-state index < -0.39 is 0 Å². The highest BCUT2D eigenvalue weighted by molar-refractivity contribution is 7.96. The molecule has 0 bridgehead atoms. The van der Waals surface area contributed by atoms with Crippen LogP contribution in [-0.2, 0) is 11.2 Å². The predicted octanol–water partition coefficient (Wildman–Crippen LogP) is 1.56. The monoisotopic (exact) mass is 177 g/mol. The van der Waals surface area contributed by atoms with Gasteiger partial charge in [0.1, 0.15) is 0 Å². The quantitative estimate of drug-likeness (QED) is 0.696. The summed E-state index contributed by atoms with van der Waals surface area (Å²) in [6, 6.07) is 8.95. The van der Waals surface area contributed by atoms with E-state index in [0.29, 0.717) is 5.56 Å². The van der Waals surface area contributed by atoms with Gasteiger partial charge in [-0.3, -0.25) is 4.79 Å². The fraction of sp³-hybridized carbons (Fsp3) is 0.111. The van der Waals surface area contributed by atoms with Crippen molar-refractivity contribution in [3.63, 3.8) is 0 Å². The second kappa shape index (κ2) is 3.93. The van der Waals surface area contributed by atoms with E-state index in [-0.39, 0.29) is 11.5 Å². The van der Waals surface area contributed by atoms with Crippen LogP contribution in [0.1, 0.15) is 11.1 Å². The largest absolute Gasteiger partial charge is 0.287 e. The molecule has 0 saturated heterocycles. The average molecular weight is 177 g/mol. The van der Waals surface area contributed by atoms with Crippen LogP contribution in [0.15, 0.2) is 24.3 Å². The Bertz CT molecular complexity index is 341. The molecule has 0 aliphatic carbocycles. The lowest BCUT2D eigenvalue weighted by molar-refractivity contribution is -0.110. The molecule has 0 amide bonds. The molecular weight excluding hydrogens is 170 g/mol. The van der Waals surface area contributed by atoms with Crippen molar-refractivity contribution in [1.29, 1.82) is 5.26 Å². The van der Waals surface area contributed by atoms with Crippen LogP contribution in [0.5, 0.6) is 0 Å². The molecule has 0 aromatic heterocycles. The number of hydrogen-bond donors (Lipinski definition) is 1. The van der Waals surface area contributed by atoms with Crippen molar-refractivity contribution in [3.05, 3.63) is 35.4 Å². The highest BCUT2D eigenvalue weighted by atomic mass is 32.1. The van der Waals surface area contributed by atoms with Crippen LogP contribution >= 0.6 is 12.6 Å². The minimum atomic E-state index is -0.190. The van der Waals surface area contributed by atoms with Gasteiger partial charge in [0.2, 0.25) is 0 Å². The van der Waals surface area contributed by atoms with E-state index in [0.717, 1.165) is 5.56 Å². The van der Waals surface area contributed by atoms with E-state index in [1.807, 2.05) is 6.07 Å². The second-order valence-electron chi connectivity index (χ2n) is 2.38. The molecule has 0 aliphatic rings. The van der Waals surface area contributed by atoms with Gasteiger partial charge in [-0.15, -0.1) is 12.6 Å². The summed E-state index contributed by atoms with van der Waals surface area (Å²) >= 11 is 3.65. The lowest BCUT2D eigenvalue weighted by Gasteiger charge is -1.95.